The average Bonchev–Trinajstić information content (AvgIpc) is 2.52. The minimum Gasteiger partial charge on any atom is -0.495 e. The molecular formula is C15H13ClN2O6. The number of carbonyl (C=O) groups excluding carboxylic acids is 2. The van der Waals surface area contributed by atoms with Gasteiger partial charge < -0.3 is 19.9 Å². The van der Waals surface area contributed by atoms with Gasteiger partial charge in [0.05, 0.1) is 17.7 Å². The molecule has 0 atom stereocenters. The number of benzene rings is 1. The number of rotatable bonds is 5. The van der Waals surface area contributed by atoms with Crippen molar-refractivity contribution in [1.82, 2.24) is 4.98 Å². The van der Waals surface area contributed by atoms with Gasteiger partial charge in [-0.1, -0.05) is 11.6 Å². The lowest BCUT2D eigenvalue weighted by Crippen LogP contribution is -2.21. The maximum atomic E-state index is 11.8. The summed E-state index contributed by atoms with van der Waals surface area (Å²) in [7, 11) is 1.46. The van der Waals surface area contributed by atoms with Crippen molar-refractivity contribution in [2.24, 2.45) is 0 Å². The van der Waals surface area contributed by atoms with Gasteiger partial charge in [0.15, 0.2) is 12.5 Å². The molecule has 2 rings (SSSR count). The molecule has 0 unspecified atom stereocenters. The number of carbonyl (C=O) groups is 2. The van der Waals surface area contributed by atoms with Gasteiger partial charge in [0, 0.05) is 17.8 Å². The molecule has 8 nitrogen and oxygen atoms in total. The fourth-order valence-electron chi connectivity index (χ4n) is 1.80. The van der Waals surface area contributed by atoms with Gasteiger partial charge in [-0.25, -0.2) is 4.79 Å². The van der Waals surface area contributed by atoms with Gasteiger partial charge in [0.1, 0.15) is 5.75 Å². The van der Waals surface area contributed by atoms with Gasteiger partial charge in [-0.3, -0.25) is 14.6 Å². The molecule has 1 aromatic heterocycles. The van der Waals surface area contributed by atoms with E-state index in [1.165, 1.54) is 13.2 Å². The maximum absolute atomic E-state index is 11.8. The van der Waals surface area contributed by atoms with Crippen LogP contribution in [-0.2, 0) is 9.53 Å². The molecule has 0 aliphatic carbocycles. The van der Waals surface area contributed by atoms with Crippen molar-refractivity contribution in [2.75, 3.05) is 19.0 Å². The van der Waals surface area contributed by atoms with Gasteiger partial charge in [0.2, 0.25) is 0 Å². The van der Waals surface area contributed by atoms with Gasteiger partial charge in [-0.05, 0) is 18.2 Å². The third kappa shape index (κ3) is 4.50. The molecule has 9 heteroatoms. The molecule has 1 aromatic carbocycles. The van der Waals surface area contributed by atoms with Crippen molar-refractivity contribution in [3.63, 3.8) is 0 Å². The van der Waals surface area contributed by atoms with E-state index < -0.39 is 29.9 Å². The summed E-state index contributed by atoms with van der Waals surface area (Å²) in [6, 6.07) is 6.59. The largest absolute Gasteiger partial charge is 0.495 e. The molecule has 0 aliphatic rings. The van der Waals surface area contributed by atoms with Crippen LogP contribution < -0.4 is 15.6 Å². The van der Waals surface area contributed by atoms with Gasteiger partial charge in [-0.15, -0.1) is 0 Å². The Balaban J connectivity index is 1.94. The first kappa shape index (κ1) is 17.4. The van der Waals surface area contributed by atoms with Crippen LogP contribution in [-0.4, -0.2) is 35.7 Å². The minimum atomic E-state index is -0.917. The number of aromatic hydroxyl groups is 1. The average molecular weight is 353 g/mol. The Morgan fingerprint density at radius 2 is 2.04 bits per heavy atom. The number of nitrogens with one attached hydrogen (secondary N) is 2. The second kappa shape index (κ2) is 7.51. The summed E-state index contributed by atoms with van der Waals surface area (Å²) in [5.74, 6) is -1.54. The maximum Gasteiger partial charge on any atom is 0.339 e. The van der Waals surface area contributed by atoms with E-state index in [4.69, 9.17) is 21.1 Å². The van der Waals surface area contributed by atoms with E-state index in [1.54, 1.807) is 12.1 Å². The van der Waals surface area contributed by atoms with Crippen molar-refractivity contribution in [2.45, 2.75) is 0 Å². The smallest absolute Gasteiger partial charge is 0.339 e. The Hall–Kier alpha value is -3.00. The molecule has 2 aromatic rings. The Labute approximate surface area is 141 Å². The number of hydrogen-bond acceptors (Lipinski definition) is 6. The number of methoxy groups -OCH3 is 1. The van der Waals surface area contributed by atoms with E-state index in [0.29, 0.717) is 16.5 Å². The molecule has 3 N–H and O–H groups in total. The first-order valence-electron chi connectivity index (χ1n) is 6.63. The highest BCUT2D eigenvalue weighted by molar-refractivity contribution is 6.32. The van der Waals surface area contributed by atoms with Crippen LogP contribution in [0.4, 0.5) is 5.69 Å². The second-order valence-electron chi connectivity index (χ2n) is 4.59. The summed E-state index contributed by atoms with van der Waals surface area (Å²) in [5.41, 5.74) is -0.438. The topological polar surface area (TPSA) is 118 Å². The third-order valence-corrected chi connectivity index (χ3v) is 3.13. The highest BCUT2D eigenvalue weighted by Crippen LogP contribution is 2.27. The number of halogens is 1. The summed E-state index contributed by atoms with van der Waals surface area (Å²) in [4.78, 5) is 36.7. The monoisotopic (exact) mass is 352 g/mol. The summed E-state index contributed by atoms with van der Waals surface area (Å²) >= 11 is 5.93. The number of ether oxygens (including phenoxy) is 2. The minimum absolute atomic E-state index is 0.170. The van der Waals surface area contributed by atoms with Crippen molar-refractivity contribution < 1.29 is 24.2 Å². The van der Waals surface area contributed by atoms with Gasteiger partial charge in [-0.2, -0.15) is 0 Å². The van der Waals surface area contributed by atoms with E-state index in [1.807, 2.05) is 0 Å². The molecule has 0 fully saturated rings. The summed E-state index contributed by atoms with van der Waals surface area (Å²) in [6.07, 6.45) is 0. The normalized spacial score (nSPS) is 10.1. The molecule has 0 bridgehead atoms. The van der Waals surface area contributed by atoms with Crippen molar-refractivity contribution >= 4 is 29.2 Å². The van der Waals surface area contributed by atoms with Crippen molar-refractivity contribution in [3.8, 4) is 11.6 Å². The number of pyridine rings is 1. The van der Waals surface area contributed by atoms with Crippen LogP contribution >= 0.6 is 11.6 Å². The van der Waals surface area contributed by atoms with E-state index in [0.717, 1.165) is 12.1 Å². The predicted molar refractivity (Wildman–Crippen MR) is 85.6 cm³/mol. The summed E-state index contributed by atoms with van der Waals surface area (Å²) < 4.78 is 9.76. The molecule has 0 saturated heterocycles. The zero-order valence-corrected chi connectivity index (χ0v) is 13.2. The first-order valence-corrected chi connectivity index (χ1v) is 7.00. The SMILES string of the molecule is COc1ccc(NC(=O)COC(=O)c2cc(O)[nH]c(=O)c2)cc1Cl. The molecule has 1 heterocycles. The molecule has 24 heavy (non-hydrogen) atoms. The van der Waals surface area contributed by atoms with Gasteiger partial charge in [0.25, 0.3) is 11.5 Å². The lowest BCUT2D eigenvalue weighted by molar-refractivity contribution is -0.119. The van der Waals surface area contributed by atoms with E-state index in [2.05, 4.69) is 10.3 Å². The lowest BCUT2D eigenvalue weighted by Gasteiger charge is -2.08. The number of esters is 1. The zero-order chi connectivity index (χ0) is 17.7. The van der Waals surface area contributed by atoms with E-state index in [9.17, 15) is 19.5 Å². The number of amides is 1. The number of anilines is 1. The summed E-state index contributed by atoms with van der Waals surface area (Å²) in [5, 5.41) is 12.0. The van der Waals surface area contributed by atoms with Crippen LogP contribution in [0.3, 0.4) is 0 Å². The second-order valence-corrected chi connectivity index (χ2v) is 5.00. The predicted octanol–water partition coefficient (Wildman–Crippen LogP) is 1.54. The van der Waals surface area contributed by atoms with Crippen LogP contribution in [0.2, 0.25) is 5.02 Å². The number of aromatic nitrogens is 1. The van der Waals surface area contributed by atoms with Crippen LogP contribution in [0.5, 0.6) is 11.6 Å². The van der Waals surface area contributed by atoms with Crippen LogP contribution in [0.1, 0.15) is 10.4 Å². The Morgan fingerprint density at radius 1 is 1.29 bits per heavy atom. The fourth-order valence-corrected chi connectivity index (χ4v) is 2.06. The highest BCUT2D eigenvalue weighted by Gasteiger charge is 2.13. The number of aromatic amines is 1. The quantitative estimate of drug-likeness (QED) is 0.702. The Bertz CT molecular complexity index is 833. The van der Waals surface area contributed by atoms with E-state index in [-0.39, 0.29) is 5.56 Å². The number of hydrogen-bond donors (Lipinski definition) is 3. The zero-order valence-electron chi connectivity index (χ0n) is 12.5. The standard InChI is InChI=1S/C15H13ClN2O6/c1-23-11-3-2-9(6-10(11)16)17-14(21)7-24-15(22)8-4-12(19)18-13(20)5-8/h2-6H,7H2,1H3,(H,17,21)(H2,18,19,20). The molecule has 0 aliphatic heterocycles. The summed E-state index contributed by atoms with van der Waals surface area (Å²) in [6.45, 7) is -0.573. The van der Waals surface area contributed by atoms with Crippen LogP contribution in [0.15, 0.2) is 35.1 Å². The molecule has 0 saturated carbocycles. The molecular weight excluding hydrogens is 340 g/mol. The fraction of sp³-hybridized carbons (Fsp3) is 0.133. The lowest BCUT2D eigenvalue weighted by atomic mass is 10.2. The van der Waals surface area contributed by atoms with Crippen molar-refractivity contribution in [1.29, 1.82) is 0 Å². The van der Waals surface area contributed by atoms with Crippen LogP contribution in [0.25, 0.3) is 0 Å². The molecule has 126 valence electrons. The van der Waals surface area contributed by atoms with Gasteiger partial charge >= 0.3 is 5.97 Å². The van der Waals surface area contributed by atoms with Crippen molar-refractivity contribution in [3.05, 3.63) is 51.3 Å². The first-order chi connectivity index (χ1) is 11.4. The Kier molecular flexibility index (Phi) is 5.43. The third-order valence-electron chi connectivity index (χ3n) is 2.84. The molecule has 1 amide bonds. The number of H-pyrrole nitrogens is 1. The van der Waals surface area contributed by atoms with E-state index >= 15 is 0 Å². The Morgan fingerprint density at radius 3 is 2.67 bits per heavy atom. The van der Waals surface area contributed by atoms with Crippen LogP contribution in [0, 0.1) is 0 Å². The highest BCUT2D eigenvalue weighted by atomic mass is 35.5. The molecule has 0 radical (unpaired) electrons. The molecule has 0 spiro atoms.